The maximum Gasteiger partial charge on any atom is 0.269 e. The molecule has 0 aliphatic carbocycles. The molecule has 2 N–H and O–H groups in total. The average molecular weight is 272 g/mol. The summed E-state index contributed by atoms with van der Waals surface area (Å²) in [6, 6.07) is 13.6. The Bertz CT molecular complexity index is 614. The van der Waals surface area contributed by atoms with Crippen LogP contribution in [0, 0.1) is 10.1 Å². The van der Waals surface area contributed by atoms with E-state index >= 15 is 0 Å². The van der Waals surface area contributed by atoms with E-state index in [4.69, 9.17) is 0 Å². The van der Waals surface area contributed by atoms with Gasteiger partial charge in [0.2, 0.25) is 0 Å². The second-order valence-electron chi connectivity index (χ2n) is 4.58. The number of hydrogen-bond donors (Lipinski definition) is 2. The number of hydrogen-bond acceptors (Lipinski definition) is 4. The summed E-state index contributed by atoms with van der Waals surface area (Å²) in [5.74, 6) is 0.242. The summed E-state index contributed by atoms with van der Waals surface area (Å²) in [7, 11) is 0. The van der Waals surface area contributed by atoms with Crippen LogP contribution in [0.3, 0.4) is 0 Å². The molecule has 2 rings (SSSR count). The van der Waals surface area contributed by atoms with Crippen LogP contribution < -0.4 is 5.32 Å². The van der Waals surface area contributed by atoms with E-state index < -0.39 is 4.92 Å². The van der Waals surface area contributed by atoms with Crippen LogP contribution in [0.15, 0.2) is 48.5 Å². The van der Waals surface area contributed by atoms with Gasteiger partial charge >= 0.3 is 0 Å². The quantitative estimate of drug-likeness (QED) is 0.647. The van der Waals surface area contributed by atoms with Crippen molar-refractivity contribution in [2.24, 2.45) is 0 Å². The molecule has 1 atom stereocenters. The van der Waals surface area contributed by atoms with Crippen molar-refractivity contribution in [1.29, 1.82) is 0 Å². The van der Waals surface area contributed by atoms with E-state index in [9.17, 15) is 15.2 Å². The number of non-ortho nitro benzene ring substituents is 1. The zero-order chi connectivity index (χ0) is 14.5. The van der Waals surface area contributed by atoms with Gasteiger partial charge in [-0.25, -0.2) is 0 Å². The number of aromatic hydroxyl groups is 1. The predicted molar refractivity (Wildman–Crippen MR) is 76.5 cm³/mol. The molecule has 2 aromatic rings. The Morgan fingerprint density at radius 1 is 1.25 bits per heavy atom. The number of rotatable bonds is 5. The highest BCUT2D eigenvalue weighted by Gasteiger charge is 2.11. The normalized spacial score (nSPS) is 12.1. The highest BCUT2D eigenvalue weighted by molar-refractivity contribution is 5.36. The number of nitrogens with one attached hydrogen (secondary N) is 1. The van der Waals surface area contributed by atoms with Crippen LogP contribution in [0.4, 0.5) is 5.69 Å². The van der Waals surface area contributed by atoms with Crippen LogP contribution in [0.1, 0.15) is 24.1 Å². The van der Waals surface area contributed by atoms with Crippen molar-refractivity contribution in [1.82, 2.24) is 5.32 Å². The lowest BCUT2D eigenvalue weighted by Crippen LogP contribution is -2.18. The Hall–Kier alpha value is -2.40. The molecule has 0 radical (unpaired) electrons. The van der Waals surface area contributed by atoms with Crippen LogP contribution in [0.25, 0.3) is 0 Å². The van der Waals surface area contributed by atoms with Crippen LogP contribution in [0.2, 0.25) is 0 Å². The molecule has 0 spiro atoms. The Morgan fingerprint density at radius 3 is 2.70 bits per heavy atom. The zero-order valence-electron chi connectivity index (χ0n) is 11.1. The van der Waals surface area contributed by atoms with Crippen molar-refractivity contribution >= 4 is 5.69 Å². The van der Waals surface area contributed by atoms with Gasteiger partial charge in [-0.05, 0) is 18.6 Å². The second kappa shape index (κ2) is 6.16. The van der Waals surface area contributed by atoms with Crippen molar-refractivity contribution in [2.75, 3.05) is 0 Å². The fraction of sp³-hybridized carbons (Fsp3) is 0.200. The van der Waals surface area contributed by atoms with E-state index in [-0.39, 0.29) is 17.5 Å². The first kappa shape index (κ1) is 14.0. The van der Waals surface area contributed by atoms with Crippen molar-refractivity contribution in [3.8, 4) is 5.75 Å². The second-order valence-corrected chi connectivity index (χ2v) is 4.58. The minimum absolute atomic E-state index is 0.0468. The largest absolute Gasteiger partial charge is 0.508 e. The van der Waals surface area contributed by atoms with E-state index in [2.05, 4.69) is 5.32 Å². The Balaban J connectivity index is 2.05. The third-order valence-corrected chi connectivity index (χ3v) is 3.17. The highest BCUT2D eigenvalue weighted by atomic mass is 16.6. The van der Waals surface area contributed by atoms with E-state index in [1.807, 2.05) is 25.1 Å². The van der Waals surface area contributed by atoms with E-state index in [1.165, 1.54) is 6.07 Å². The first-order chi connectivity index (χ1) is 9.58. The number of phenols is 1. The Morgan fingerprint density at radius 2 is 2.00 bits per heavy atom. The molecule has 0 saturated carbocycles. The van der Waals surface area contributed by atoms with Crippen LogP contribution in [-0.4, -0.2) is 10.0 Å². The standard InChI is InChI=1S/C15H16N2O3/c1-11(12-6-4-7-14(9-12)17(19)20)16-10-13-5-2-3-8-15(13)18/h2-9,11,16,18H,10H2,1H3. The van der Waals surface area contributed by atoms with Gasteiger partial charge in [0, 0.05) is 30.3 Å². The molecule has 2 aromatic carbocycles. The lowest BCUT2D eigenvalue weighted by atomic mass is 10.1. The zero-order valence-corrected chi connectivity index (χ0v) is 11.1. The molecule has 104 valence electrons. The topological polar surface area (TPSA) is 75.4 Å². The fourth-order valence-corrected chi connectivity index (χ4v) is 1.95. The number of para-hydroxylation sites is 1. The van der Waals surface area contributed by atoms with Gasteiger partial charge in [0.05, 0.1) is 4.92 Å². The van der Waals surface area contributed by atoms with Gasteiger partial charge < -0.3 is 10.4 Å². The van der Waals surface area contributed by atoms with Crippen LogP contribution in [-0.2, 0) is 6.54 Å². The van der Waals surface area contributed by atoms with Gasteiger partial charge in [0.1, 0.15) is 5.75 Å². The molecular weight excluding hydrogens is 256 g/mol. The van der Waals surface area contributed by atoms with E-state index in [0.717, 1.165) is 11.1 Å². The molecule has 0 aliphatic heterocycles. The first-order valence-electron chi connectivity index (χ1n) is 6.32. The lowest BCUT2D eigenvalue weighted by Gasteiger charge is -2.14. The first-order valence-corrected chi connectivity index (χ1v) is 6.32. The van der Waals surface area contributed by atoms with Gasteiger partial charge in [-0.1, -0.05) is 30.3 Å². The molecular formula is C15H16N2O3. The molecule has 0 aliphatic rings. The molecule has 0 bridgehead atoms. The molecule has 5 nitrogen and oxygen atoms in total. The SMILES string of the molecule is CC(NCc1ccccc1O)c1cccc([N+](=O)[O-])c1. The molecule has 20 heavy (non-hydrogen) atoms. The molecule has 0 aromatic heterocycles. The van der Waals surface area contributed by atoms with Gasteiger partial charge in [-0.3, -0.25) is 10.1 Å². The van der Waals surface area contributed by atoms with Gasteiger partial charge in [0.15, 0.2) is 0 Å². The Kier molecular flexibility index (Phi) is 4.32. The minimum Gasteiger partial charge on any atom is -0.508 e. The van der Waals surface area contributed by atoms with Gasteiger partial charge in [-0.15, -0.1) is 0 Å². The number of benzene rings is 2. The molecule has 0 saturated heterocycles. The van der Waals surface area contributed by atoms with Gasteiger partial charge in [0.25, 0.3) is 5.69 Å². The summed E-state index contributed by atoms with van der Waals surface area (Å²) in [6.45, 7) is 2.43. The number of nitro groups is 1. The third-order valence-electron chi connectivity index (χ3n) is 3.17. The fourth-order valence-electron chi connectivity index (χ4n) is 1.95. The molecule has 5 heteroatoms. The number of nitro benzene ring substituents is 1. The summed E-state index contributed by atoms with van der Waals surface area (Å²) >= 11 is 0. The summed E-state index contributed by atoms with van der Waals surface area (Å²) in [5, 5.41) is 23.7. The van der Waals surface area contributed by atoms with Crippen LogP contribution >= 0.6 is 0 Å². The van der Waals surface area contributed by atoms with Crippen LogP contribution in [0.5, 0.6) is 5.75 Å². The summed E-state index contributed by atoms with van der Waals surface area (Å²) < 4.78 is 0. The molecule has 0 heterocycles. The maximum absolute atomic E-state index is 10.8. The highest BCUT2D eigenvalue weighted by Crippen LogP contribution is 2.21. The van der Waals surface area contributed by atoms with E-state index in [1.54, 1.807) is 24.3 Å². The summed E-state index contributed by atoms with van der Waals surface area (Å²) in [4.78, 5) is 10.3. The number of nitrogens with zero attached hydrogens (tertiary/aromatic N) is 1. The number of phenolic OH excluding ortho intramolecular Hbond substituents is 1. The minimum atomic E-state index is -0.404. The van der Waals surface area contributed by atoms with E-state index in [0.29, 0.717) is 6.54 Å². The molecule has 1 unspecified atom stereocenters. The van der Waals surface area contributed by atoms with Crippen molar-refractivity contribution < 1.29 is 10.0 Å². The summed E-state index contributed by atoms with van der Waals surface area (Å²) in [5.41, 5.74) is 1.72. The van der Waals surface area contributed by atoms with Gasteiger partial charge in [-0.2, -0.15) is 0 Å². The smallest absolute Gasteiger partial charge is 0.269 e. The Labute approximate surface area is 117 Å². The average Bonchev–Trinajstić information content (AvgIpc) is 2.46. The van der Waals surface area contributed by atoms with Crippen molar-refractivity contribution in [2.45, 2.75) is 19.5 Å². The third kappa shape index (κ3) is 3.33. The summed E-state index contributed by atoms with van der Waals surface area (Å²) in [6.07, 6.45) is 0. The molecule has 0 fully saturated rings. The predicted octanol–water partition coefficient (Wildman–Crippen LogP) is 3.15. The maximum atomic E-state index is 10.8. The van der Waals surface area contributed by atoms with Crippen molar-refractivity contribution in [3.05, 3.63) is 69.8 Å². The van der Waals surface area contributed by atoms with Crippen molar-refractivity contribution in [3.63, 3.8) is 0 Å². The monoisotopic (exact) mass is 272 g/mol. The molecule has 0 amide bonds. The lowest BCUT2D eigenvalue weighted by molar-refractivity contribution is -0.384.